The summed E-state index contributed by atoms with van der Waals surface area (Å²) >= 11 is 0. The van der Waals surface area contributed by atoms with Crippen molar-refractivity contribution in [1.82, 2.24) is 4.90 Å². The van der Waals surface area contributed by atoms with E-state index >= 15 is 0 Å². The van der Waals surface area contributed by atoms with Gasteiger partial charge in [0.15, 0.2) is 0 Å². The molecule has 0 saturated heterocycles. The van der Waals surface area contributed by atoms with E-state index < -0.39 is 6.61 Å². The van der Waals surface area contributed by atoms with Crippen LogP contribution in [0.3, 0.4) is 0 Å². The van der Waals surface area contributed by atoms with Gasteiger partial charge in [-0.3, -0.25) is 4.79 Å². The van der Waals surface area contributed by atoms with Crippen LogP contribution < -0.4 is 9.47 Å². The molecule has 25 heavy (non-hydrogen) atoms. The fraction of sp³-hybridized carbons (Fsp3) is 0.316. The van der Waals surface area contributed by atoms with Gasteiger partial charge in [-0.05, 0) is 36.2 Å². The lowest BCUT2D eigenvalue weighted by Crippen LogP contribution is -2.26. The zero-order valence-corrected chi connectivity index (χ0v) is 14.0. The zero-order chi connectivity index (χ0) is 18.1. The monoisotopic (exact) mass is 349 g/mol. The fourth-order valence-electron chi connectivity index (χ4n) is 2.26. The molecule has 134 valence electrons. The SMILES string of the molecule is CN(Cc1ccc(OC(F)F)cc1)C(=O)CCCOc1ccccc1. The minimum Gasteiger partial charge on any atom is -0.494 e. The summed E-state index contributed by atoms with van der Waals surface area (Å²) in [6.07, 6.45) is 1.01. The molecule has 0 heterocycles. The zero-order valence-electron chi connectivity index (χ0n) is 14.0. The largest absolute Gasteiger partial charge is 0.494 e. The standard InChI is InChI=1S/C19H21F2NO3/c1-22(14-15-9-11-17(12-10-15)25-19(20)21)18(23)8-5-13-24-16-6-3-2-4-7-16/h2-4,6-7,9-12,19H,5,8,13-14H2,1H3. The van der Waals surface area contributed by atoms with Crippen molar-refractivity contribution in [2.45, 2.75) is 26.0 Å². The van der Waals surface area contributed by atoms with Crippen molar-refractivity contribution in [2.75, 3.05) is 13.7 Å². The van der Waals surface area contributed by atoms with Crippen LogP contribution >= 0.6 is 0 Å². The maximum Gasteiger partial charge on any atom is 0.387 e. The van der Waals surface area contributed by atoms with Crippen LogP contribution in [0.25, 0.3) is 0 Å². The Morgan fingerprint density at radius 2 is 1.72 bits per heavy atom. The lowest BCUT2D eigenvalue weighted by Gasteiger charge is -2.17. The number of amides is 1. The molecule has 0 aliphatic rings. The number of para-hydroxylation sites is 1. The number of hydrogen-bond donors (Lipinski definition) is 0. The summed E-state index contributed by atoms with van der Waals surface area (Å²) < 4.78 is 34.1. The molecule has 6 heteroatoms. The van der Waals surface area contributed by atoms with Crippen molar-refractivity contribution in [3.05, 3.63) is 60.2 Å². The van der Waals surface area contributed by atoms with Gasteiger partial charge in [-0.2, -0.15) is 8.78 Å². The Hall–Kier alpha value is -2.63. The van der Waals surface area contributed by atoms with Gasteiger partial charge in [0, 0.05) is 20.0 Å². The lowest BCUT2D eigenvalue weighted by molar-refractivity contribution is -0.130. The van der Waals surface area contributed by atoms with Crippen molar-refractivity contribution >= 4 is 5.91 Å². The van der Waals surface area contributed by atoms with Gasteiger partial charge in [0.25, 0.3) is 0 Å². The highest BCUT2D eigenvalue weighted by Crippen LogP contribution is 2.16. The number of hydrogen-bond acceptors (Lipinski definition) is 3. The van der Waals surface area contributed by atoms with Crippen LogP contribution in [0.4, 0.5) is 8.78 Å². The van der Waals surface area contributed by atoms with Gasteiger partial charge in [-0.25, -0.2) is 0 Å². The summed E-state index contributed by atoms with van der Waals surface area (Å²) in [4.78, 5) is 13.7. The highest BCUT2D eigenvalue weighted by molar-refractivity contribution is 5.75. The van der Waals surface area contributed by atoms with Crippen LogP contribution in [0.2, 0.25) is 0 Å². The van der Waals surface area contributed by atoms with E-state index in [0.717, 1.165) is 11.3 Å². The number of benzene rings is 2. The molecule has 2 aromatic carbocycles. The van der Waals surface area contributed by atoms with E-state index in [-0.39, 0.29) is 11.7 Å². The van der Waals surface area contributed by atoms with Crippen LogP contribution in [-0.4, -0.2) is 31.1 Å². The van der Waals surface area contributed by atoms with Crippen LogP contribution in [0.5, 0.6) is 11.5 Å². The quantitative estimate of drug-likeness (QED) is 0.640. The fourth-order valence-corrected chi connectivity index (χ4v) is 2.26. The van der Waals surface area contributed by atoms with Gasteiger partial charge in [0.2, 0.25) is 5.91 Å². The molecule has 2 aromatic rings. The first-order valence-corrected chi connectivity index (χ1v) is 8.00. The summed E-state index contributed by atoms with van der Waals surface area (Å²) in [6, 6.07) is 15.7. The molecule has 0 aromatic heterocycles. The Kier molecular flexibility index (Phi) is 7.19. The molecular formula is C19H21F2NO3. The number of carbonyl (C=O) groups excluding carboxylic acids is 1. The molecule has 0 spiro atoms. The van der Waals surface area contributed by atoms with Gasteiger partial charge < -0.3 is 14.4 Å². The van der Waals surface area contributed by atoms with Crippen LogP contribution in [-0.2, 0) is 11.3 Å². The van der Waals surface area contributed by atoms with E-state index in [1.807, 2.05) is 30.3 Å². The summed E-state index contributed by atoms with van der Waals surface area (Å²) in [7, 11) is 1.71. The number of carbonyl (C=O) groups is 1. The van der Waals surface area contributed by atoms with Gasteiger partial charge >= 0.3 is 6.61 Å². The van der Waals surface area contributed by atoms with Crippen LogP contribution in [0.1, 0.15) is 18.4 Å². The van der Waals surface area contributed by atoms with E-state index in [1.165, 1.54) is 12.1 Å². The first-order chi connectivity index (χ1) is 12.0. The van der Waals surface area contributed by atoms with Gasteiger partial charge in [0.05, 0.1) is 6.61 Å². The molecule has 0 N–H and O–H groups in total. The average Bonchev–Trinajstić information content (AvgIpc) is 2.60. The van der Waals surface area contributed by atoms with E-state index in [2.05, 4.69) is 4.74 Å². The number of alkyl halides is 2. The molecule has 0 aliphatic heterocycles. The Labute approximate surface area is 146 Å². The lowest BCUT2D eigenvalue weighted by atomic mass is 10.2. The number of nitrogens with zero attached hydrogens (tertiary/aromatic N) is 1. The van der Waals surface area contributed by atoms with Crippen LogP contribution in [0, 0.1) is 0 Å². The molecule has 0 bridgehead atoms. The molecule has 0 atom stereocenters. The van der Waals surface area contributed by atoms with Crippen molar-refractivity contribution in [2.24, 2.45) is 0 Å². The third kappa shape index (κ3) is 6.79. The minimum absolute atomic E-state index is 0.00423. The molecular weight excluding hydrogens is 328 g/mol. The smallest absolute Gasteiger partial charge is 0.387 e. The summed E-state index contributed by atoms with van der Waals surface area (Å²) in [6.45, 7) is -1.95. The molecule has 0 fully saturated rings. The molecule has 0 radical (unpaired) electrons. The third-order valence-corrected chi connectivity index (χ3v) is 3.54. The summed E-state index contributed by atoms with van der Waals surface area (Å²) in [5.74, 6) is 0.893. The van der Waals surface area contributed by atoms with E-state index in [4.69, 9.17) is 4.74 Å². The van der Waals surface area contributed by atoms with Crippen LogP contribution in [0.15, 0.2) is 54.6 Å². The predicted octanol–water partition coefficient (Wildman–Crippen LogP) is 4.11. The molecule has 0 unspecified atom stereocenters. The first kappa shape index (κ1) is 18.7. The predicted molar refractivity (Wildman–Crippen MR) is 90.7 cm³/mol. The summed E-state index contributed by atoms with van der Waals surface area (Å²) in [5.41, 5.74) is 0.845. The van der Waals surface area contributed by atoms with Crippen molar-refractivity contribution in [3.63, 3.8) is 0 Å². The van der Waals surface area contributed by atoms with Gasteiger partial charge in [-0.15, -0.1) is 0 Å². The highest BCUT2D eigenvalue weighted by atomic mass is 19.3. The average molecular weight is 349 g/mol. The topological polar surface area (TPSA) is 38.8 Å². The Balaban J connectivity index is 1.70. The van der Waals surface area contributed by atoms with E-state index in [9.17, 15) is 13.6 Å². The molecule has 2 rings (SSSR count). The second kappa shape index (κ2) is 9.61. The van der Waals surface area contributed by atoms with Gasteiger partial charge in [-0.1, -0.05) is 30.3 Å². The van der Waals surface area contributed by atoms with Crippen molar-refractivity contribution < 1.29 is 23.0 Å². The summed E-state index contributed by atoms with van der Waals surface area (Å²) in [5, 5.41) is 0. The molecule has 4 nitrogen and oxygen atoms in total. The maximum absolute atomic E-state index is 12.1. The van der Waals surface area contributed by atoms with E-state index in [0.29, 0.717) is 26.0 Å². The van der Waals surface area contributed by atoms with Gasteiger partial charge in [0.1, 0.15) is 11.5 Å². The molecule has 0 aliphatic carbocycles. The Bertz CT molecular complexity index is 647. The van der Waals surface area contributed by atoms with Crippen molar-refractivity contribution in [3.8, 4) is 11.5 Å². The molecule has 0 saturated carbocycles. The van der Waals surface area contributed by atoms with E-state index in [1.54, 1.807) is 24.1 Å². The maximum atomic E-state index is 12.1. The number of rotatable bonds is 9. The van der Waals surface area contributed by atoms with Crippen molar-refractivity contribution in [1.29, 1.82) is 0 Å². The third-order valence-electron chi connectivity index (χ3n) is 3.54. The number of halogens is 2. The normalized spacial score (nSPS) is 10.6. The Morgan fingerprint density at radius 3 is 2.36 bits per heavy atom. The number of ether oxygens (including phenoxy) is 2. The second-order valence-electron chi connectivity index (χ2n) is 5.54. The second-order valence-corrected chi connectivity index (χ2v) is 5.54. The highest BCUT2D eigenvalue weighted by Gasteiger charge is 2.10. The Morgan fingerprint density at radius 1 is 1.04 bits per heavy atom. The molecule has 1 amide bonds. The first-order valence-electron chi connectivity index (χ1n) is 8.00. The minimum atomic E-state index is -2.84.